The first-order valence-electron chi connectivity index (χ1n) is 11.4. The summed E-state index contributed by atoms with van der Waals surface area (Å²) in [6.45, 7) is 1.92. The molecular weight excluding hydrogens is 474 g/mol. The molecule has 0 unspecified atom stereocenters. The summed E-state index contributed by atoms with van der Waals surface area (Å²) in [5, 5.41) is 31.0. The number of carboxylic acids is 1. The molecule has 0 bridgehead atoms. The second-order valence-electron chi connectivity index (χ2n) is 8.15. The Bertz CT molecular complexity index is 1300. The SMILES string of the molecule is C[C@H](N=C(c1ccc(OCc2cccnc2)cc1O)c1ccc(OCc2cccnc2)cc1O)C(=O)O. The van der Waals surface area contributed by atoms with Crippen molar-refractivity contribution in [2.45, 2.75) is 26.2 Å². The van der Waals surface area contributed by atoms with Crippen LogP contribution in [0.15, 0.2) is 90.4 Å². The zero-order chi connectivity index (χ0) is 26.2. The maximum atomic E-state index is 11.5. The van der Waals surface area contributed by atoms with Crippen molar-refractivity contribution < 1.29 is 29.6 Å². The van der Waals surface area contributed by atoms with E-state index in [4.69, 9.17) is 9.47 Å². The maximum Gasteiger partial charge on any atom is 0.328 e. The molecule has 37 heavy (non-hydrogen) atoms. The van der Waals surface area contributed by atoms with Gasteiger partial charge in [-0.1, -0.05) is 12.1 Å². The van der Waals surface area contributed by atoms with Crippen LogP contribution in [-0.2, 0) is 18.0 Å². The standard InChI is InChI=1S/C28H25N3O6/c1-18(28(34)35)31-27(23-8-6-21(12-25(23)32)36-16-19-4-2-10-29-14-19)24-9-7-22(13-26(24)33)37-17-20-5-3-11-30-15-20/h2-15,18,32-33H,16-17H2,1H3,(H,34,35)/t18-/m0/s1. The minimum absolute atomic E-state index is 0.113. The second kappa shape index (κ2) is 11.7. The van der Waals surface area contributed by atoms with Crippen LogP contribution in [0.4, 0.5) is 0 Å². The van der Waals surface area contributed by atoms with Crippen molar-refractivity contribution in [3.63, 3.8) is 0 Å². The Morgan fingerprint density at radius 3 is 1.70 bits per heavy atom. The lowest BCUT2D eigenvalue weighted by atomic mass is 9.99. The van der Waals surface area contributed by atoms with Crippen LogP contribution in [0, 0.1) is 0 Å². The summed E-state index contributed by atoms with van der Waals surface area (Å²) >= 11 is 0. The molecule has 4 aromatic rings. The van der Waals surface area contributed by atoms with Gasteiger partial charge in [-0.2, -0.15) is 0 Å². The Labute approximate surface area is 213 Å². The molecule has 9 heteroatoms. The fourth-order valence-corrected chi connectivity index (χ4v) is 3.44. The van der Waals surface area contributed by atoms with E-state index in [0.717, 1.165) is 11.1 Å². The quantitative estimate of drug-likeness (QED) is 0.274. The van der Waals surface area contributed by atoms with Gasteiger partial charge in [0.2, 0.25) is 0 Å². The van der Waals surface area contributed by atoms with Gasteiger partial charge in [0.25, 0.3) is 0 Å². The molecule has 0 fully saturated rings. The van der Waals surface area contributed by atoms with Crippen molar-refractivity contribution in [3.05, 3.63) is 108 Å². The molecule has 1 atom stereocenters. The number of carboxylic acid groups (broad SMARTS) is 1. The molecule has 0 spiro atoms. The number of pyridine rings is 2. The van der Waals surface area contributed by atoms with Crippen LogP contribution >= 0.6 is 0 Å². The zero-order valence-electron chi connectivity index (χ0n) is 20.0. The third-order valence-electron chi connectivity index (χ3n) is 5.39. The van der Waals surface area contributed by atoms with E-state index < -0.39 is 12.0 Å². The van der Waals surface area contributed by atoms with E-state index in [1.807, 2.05) is 12.1 Å². The Hall–Kier alpha value is -4.92. The van der Waals surface area contributed by atoms with Gasteiger partial charge < -0.3 is 24.8 Å². The van der Waals surface area contributed by atoms with Crippen LogP contribution in [0.5, 0.6) is 23.0 Å². The second-order valence-corrected chi connectivity index (χ2v) is 8.15. The van der Waals surface area contributed by atoms with E-state index in [0.29, 0.717) is 11.5 Å². The van der Waals surface area contributed by atoms with E-state index in [-0.39, 0.29) is 41.6 Å². The Morgan fingerprint density at radius 1 is 0.838 bits per heavy atom. The predicted octanol–water partition coefficient (Wildman–Crippen LogP) is 4.36. The number of phenolic OH excluding ortho intramolecular Hbond substituents is 2. The average molecular weight is 500 g/mol. The molecule has 2 aromatic heterocycles. The third-order valence-corrected chi connectivity index (χ3v) is 5.39. The van der Waals surface area contributed by atoms with E-state index in [1.165, 1.54) is 19.1 Å². The van der Waals surface area contributed by atoms with Gasteiger partial charge in [0, 0.05) is 59.2 Å². The number of aromatic nitrogens is 2. The molecule has 0 aliphatic carbocycles. The molecule has 9 nitrogen and oxygen atoms in total. The highest BCUT2D eigenvalue weighted by Crippen LogP contribution is 2.32. The van der Waals surface area contributed by atoms with Gasteiger partial charge in [-0.25, -0.2) is 4.79 Å². The Kier molecular flexibility index (Phi) is 7.95. The molecule has 0 aliphatic rings. The summed E-state index contributed by atoms with van der Waals surface area (Å²) in [5.74, 6) is -0.713. The number of aromatic hydroxyl groups is 2. The Morgan fingerprint density at radius 2 is 1.32 bits per heavy atom. The number of nitrogens with zero attached hydrogens (tertiary/aromatic N) is 3. The minimum atomic E-state index is -1.15. The Balaban J connectivity index is 1.60. The first kappa shape index (κ1) is 25.2. The smallest absolute Gasteiger partial charge is 0.328 e. The summed E-state index contributed by atoms with van der Waals surface area (Å²) in [7, 11) is 0. The van der Waals surface area contributed by atoms with Gasteiger partial charge in [-0.15, -0.1) is 0 Å². The highest BCUT2D eigenvalue weighted by atomic mass is 16.5. The molecule has 0 amide bonds. The lowest BCUT2D eigenvalue weighted by molar-refractivity contribution is -0.137. The largest absolute Gasteiger partial charge is 0.507 e. The summed E-state index contributed by atoms with van der Waals surface area (Å²) in [5.41, 5.74) is 2.31. The van der Waals surface area contributed by atoms with Crippen LogP contribution < -0.4 is 9.47 Å². The van der Waals surface area contributed by atoms with E-state index in [9.17, 15) is 20.1 Å². The van der Waals surface area contributed by atoms with Crippen molar-refractivity contribution in [2.75, 3.05) is 0 Å². The van der Waals surface area contributed by atoms with Crippen LogP contribution in [0.2, 0.25) is 0 Å². The van der Waals surface area contributed by atoms with Gasteiger partial charge in [0.15, 0.2) is 0 Å². The zero-order valence-corrected chi connectivity index (χ0v) is 20.0. The lowest BCUT2D eigenvalue weighted by Crippen LogP contribution is -2.17. The van der Waals surface area contributed by atoms with Crippen molar-refractivity contribution >= 4 is 11.7 Å². The van der Waals surface area contributed by atoms with E-state index >= 15 is 0 Å². The molecule has 3 N–H and O–H groups in total. The summed E-state index contributed by atoms with van der Waals surface area (Å²) in [6, 6.07) is 15.4. The van der Waals surface area contributed by atoms with Gasteiger partial charge >= 0.3 is 5.97 Å². The molecule has 2 heterocycles. The molecular formula is C28H25N3O6. The normalized spacial score (nSPS) is 11.4. The summed E-state index contributed by atoms with van der Waals surface area (Å²) in [6.07, 6.45) is 6.69. The van der Waals surface area contributed by atoms with Gasteiger partial charge in [-0.3, -0.25) is 15.0 Å². The van der Waals surface area contributed by atoms with Crippen LogP contribution in [-0.4, -0.2) is 43.0 Å². The molecule has 188 valence electrons. The average Bonchev–Trinajstić information content (AvgIpc) is 2.91. The highest BCUT2D eigenvalue weighted by Gasteiger charge is 2.20. The molecule has 0 aliphatic heterocycles. The first-order valence-corrected chi connectivity index (χ1v) is 11.4. The summed E-state index contributed by atoms with van der Waals surface area (Å²) in [4.78, 5) is 23.9. The predicted molar refractivity (Wildman–Crippen MR) is 136 cm³/mol. The number of carbonyl (C=O) groups is 1. The minimum Gasteiger partial charge on any atom is -0.507 e. The highest BCUT2D eigenvalue weighted by molar-refractivity contribution is 6.16. The number of aliphatic carboxylic acids is 1. The molecule has 0 saturated heterocycles. The first-order chi connectivity index (χ1) is 17.9. The molecule has 0 saturated carbocycles. The van der Waals surface area contributed by atoms with Crippen LogP contribution in [0.1, 0.15) is 29.2 Å². The van der Waals surface area contributed by atoms with Crippen LogP contribution in [0.25, 0.3) is 0 Å². The molecule has 0 radical (unpaired) electrons. The van der Waals surface area contributed by atoms with Gasteiger partial charge in [0.05, 0.1) is 5.71 Å². The number of hydrogen-bond acceptors (Lipinski definition) is 8. The third kappa shape index (κ3) is 6.61. The van der Waals surface area contributed by atoms with Gasteiger partial charge in [0.1, 0.15) is 42.3 Å². The molecule has 2 aromatic carbocycles. The topological polar surface area (TPSA) is 134 Å². The lowest BCUT2D eigenvalue weighted by Gasteiger charge is -2.15. The number of aliphatic imine (C=N–C) groups is 1. The van der Waals surface area contributed by atoms with Crippen molar-refractivity contribution in [2.24, 2.45) is 4.99 Å². The number of rotatable bonds is 10. The maximum absolute atomic E-state index is 11.5. The van der Waals surface area contributed by atoms with Crippen molar-refractivity contribution in [1.29, 1.82) is 0 Å². The number of ether oxygens (including phenoxy) is 2. The van der Waals surface area contributed by atoms with E-state index in [2.05, 4.69) is 15.0 Å². The number of hydrogen-bond donors (Lipinski definition) is 3. The summed E-state index contributed by atoms with van der Waals surface area (Å²) < 4.78 is 11.5. The number of phenols is 2. The van der Waals surface area contributed by atoms with Gasteiger partial charge in [-0.05, 0) is 43.3 Å². The molecule has 4 rings (SSSR count). The number of benzene rings is 2. The monoisotopic (exact) mass is 499 g/mol. The van der Waals surface area contributed by atoms with Crippen LogP contribution in [0.3, 0.4) is 0 Å². The fraction of sp³-hybridized carbons (Fsp3) is 0.143. The fourth-order valence-electron chi connectivity index (χ4n) is 3.44. The van der Waals surface area contributed by atoms with Crippen molar-refractivity contribution in [1.82, 2.24) is 9.97 Å². The van der Waals surface area contributed by atoms with Crippen molar-refractivity contribution in [3.8, 4) is 23.0 Å². The van der Waals surface area contributed by atoms with E-state index in [1.54, 1.807) is 61.2 Å².